The van der Waals surface area contributed by atoms with Crippen LogP contribution in [0.25, 0.3) is 0 Å². The highest BCUT2D eigenvalue weighted by molar-refractivity contribution is 5.94. The van der Waals surface area contributed by atoms with E-state index in [1.54, 1.807) is 24.3 Å². The first kappa shape index (κ1) is 15.4. The van der Waals surface area contributed by atoms with Crippen molar-refractivity contribution in [3.63, 3.8) is 0 Å². The Morgan fingerprint density at radius 3 is 2.61 bits per heavy atom. The van der Waals surface area contributed by atoms with Crippen molar-refractivity contribution in [3.05, 3.63) is 60.2 Å². The maximum Gasteiger partial charge on any atom is 0.269 e. The van der Waals surface area contributed by atoms with Crippen LogP contribution in [0.15, 0.2) is 54.6 Å². The molecule has 1 fully saturated rings. The van der Waals surface area contributed by atoms with E-state index in [2.05, 4.69) is 10.9 Å². The molecule has 23 heavy (non-hydrogen) atoms. The summed E-state index contributed by atoms with van der Waals surface area (Å²) in [6, 6.07) is 16.6. The van der Waals surface area contributed by atoms with Crippen LogP contribution in [-0.2, 0) is 4.74 Å². The van der Waals surface area contributed by atoms with E-state index < -0.39 is 0 Å². The predicted octanol–water partition coefficient (Wildman–Crippen LogP) is 3.00. The quantitative estimate of drug-likeness (QED) is 0.805. The highest BCUT2D eigenvalue weighted by Crippen LogP contribution is 2.16. The number of ether oxygens (including phenoxy) is 2. The second-order valence-electron chi connectivity index (χ2n) is 5.42. The summed E-state index contributed by atoms with van der Waals surface area (Å²) >= 11 is 0. The Hall–Kier alpha value is -2.53. The van der Waals surface area contributed by atoms with E-state index >= 15 is 0 Å². The lowest BCUT2D eigenvalue weighted by atomic mass is 10.2. The average Bonchev–Trinajstić information content (AvgIpc) is 3.13. The maximum absolute atomic E-state index is 12.1. The third-order valence-electron chi connectivity index (χ3n) is 3.67. The zero-order chi connectivity index (χ0) is 15.9. The number of carbonyl (C=O) groups is 1. The van der Waals surface area contributed by atoms with Crippen molar-refractivity contribution in [2.75, 3.05) is 18.6 Å². The van der Waals surface area contributed by atoms with Gasteiger partial charge in [-0.2, -0.15) is 0 Å². The van der Waals surface area contributed by atoms with E-state index in [1.807, 2.05) is 30.3 Å². The molecule has 0 spiro atoms. The molecular formula is C18H20N2O3. The molecule has 0 aliphatic carbocycles. The van der Waals surface area contributed by atoms with Gasteiger partial charge in [-0.3, -0.25) is 15.6 Å². The van der Waals surface area contributed by atoms with Crippen LogP contribution in [0.4, 0.5) is 5.69 Å². The summed E-state index contributed by atoms with van der Waals surface area (Å²) in [5.74, 6) is 0.549. The number of benzene rings is 2. The predicted molar refractivity (Wildman–Crippen MR) is 88.4 cm³/mol. The van der Waals surface area contributed by atoms with Crippen LogP contribution < -0.4 is 15.6 Å². The van der Waals surface area contributed by atoms with Crippen molar-refractivity contribution in [1.82, 2.24) is 5.43 Å². The van der Waals surface area contributed by atoms with Crippen LogP contribution in [0.5, 0.6) is 5.75 Å². The summed E-state index contributed by atoms with van der Waals surface area (Å²) in [6.07, 6.45) is 2.33. The van der Waals surface area contributed by atoms with Gasteiger partial charge in [0.2, 0.25) is 0 Å². The Morgan fingerprint density at radius 2 is 1.91 bits per heavy atom. The molecule has 0 aromatic heterocycles. The largest absolute Gasteiger partial charge is 0.491 e. The van der Waals surface area contributed by atoms with Crippen LogP contribution in [-0.4, -0.2) is 25.2 Å². The van der Waals surface area contributed by atoms with Crippen LogP contribution in [0, 0.1) is 0 Å². The number of para-hydroxylation sites is 1. The van der Waals surface area contributed by atoms with Gasteiger partial charge in [-0.1, -0.05) is 18.2 Å². The topological polar surface area (TPSA) is 59.6 Å². The first-order chi connectivity index (χ1) is 11.3. The minimum atomic E-state index is -0.195. The molecule has 1 aliphatic rings. The van der Waals surface area contributed by atoms with Gasteiger partial charge in [-0.15, -0.1) is 0 Å². The summed E-state index contributed by atoms with van der Waals surface area (Å²) in [5, 5.41) is 0. The van der Waals surface area contributed by atoms with Gasteiger partial charge in [0.05, 0.1) is 11.8 Å². The van der Waals surface area contributed by atoms with Crippen molar-refractivity contribution < 1.29 is 14.3 Å². The summed E-state index contributed by atoms with van der Waals surface area (Å²) in [6.45, 7) is 1.38. The number of carbonyl (C=O) groups excluding carboxylic acids is 1. The minimum absolute atomic E-state index is 0.188. The number of hydrogen-bond acceptors (Lipinski definition) is 4. The van der Waals surface area contributed by atoms with E-state index in [0.717, 1.165) is 30.9 Å². The first-order valence-corrected chi connectivity index (χ1v) is 7.77. The van der Waals surface area contributed by atoms with Crippen molar-refractivity contribution in [2.45, 2.75) is 18.9 Å². The first-order valence-electron chi connectivity index (χ1n) is 7.77. The number of nitrogens with one attached hydrogen (secondary N) is 2. The van der Waals surface area contributed by atoms with E-state index in [9.17, 15) is 4.79 Å². The van der Waals surface area contributed by atoms with Crippen LogP contribution in [0.2, 0.25) is 0 Å². The summed E-state index contributed by atoms with van der Waals surface area (Å²) < 4.78 is 11.2. The lowest BCUT2D eigenvalue weighted by molar-refractivity contribution is 0.0679. The second-order valence-corrected chi connectivity index (χ2v) is 5.42. The fourth-order valence-electron chi connectivity index (χ4n) is 2.39. The van der Waals surface area contributed by atoms with Crippen molar-refractivity contribution in [2.24, 2.45) is 0 Å². The smallest absolute Gasteiger partial charge is 0.269 e. The maximum atomic E-state index is 12.1. The number of anilines is 1. The third-order valence-corrected chi connectivity index (χ3v) is 3.67. The summed E-state index contributed by atoms with van der Waals surface area (Å²) in [4.78, 5) is 12.1. The number of hydrazine groups is 1. The highest BCUT2D eigenvalue weighted by Gasteiger charge is 2.16. The molecule has 1 amide bonds. The van der Waals surface area contributed by atoms with Crippen LogP contribution in [0.3, 0.4) is 0 Å². The molecule has 3 rings (SSSR count). The molecule has 0 radical (unpaired) electrons. The molecule has 2 aromatic carbocycles. The Morgan fingerprint density at radius 1 is 1.13 bits per heavy atom. The lowest BCUT2D eigenvalue weighted by Crippen LogP contribution is -2.29. The minimum Gasteiger partial charge on any atom is -0.491 e. The van der Waals surface area contributed by atoms with E-state index in [1.165, 1.54) is 0 Å². The van der Waals surface area contributed by atoms with Gasteiger partial charge in [0, 0.05) is 12.2 Å². The van der Waals surface area contributed by atoms with Gasteiger partial charge in [0.1, 0.15) is 12.4 Å². The average molecular weight is 312 g/mol. The van der Waals surface area contributed by atoms with Crippen LogP contribution in [0.1, 0.15) is 23.2 Å². The zero-order valence-electron chi connectivity index (χ0n) is 12.8. The molecule has 1 unspecified atom stereocenters. The normalized spacial score (nSPS) is 16.8. The molecule has 0 saturated carbocycles. The van der Waals surface area contributed by atoms with Gasteiger partial charge >= 0.3 is 0 Å². The molecule has 1 saturated heterocycles. The number of rotatable bonds is 6. The van der Waals surface area contributed by atoms with Gasteiger partial charge in [0.15, 0.2) is 0 Å². The van der Waals surface area contributed by atoms with Gasteiger partial charge < -0.3 is 9.47 Å². The van der Waals surface area contributed by atoms with Gasteiger partial charge in [0.25, 0.3) is 5.91 Å². The van der Waals surface area contributed by atoms with E-state index in [0.29, 0.717) is 12.2 Å². The monoisotopic (exact) mass is 312 g/mol. The van der Waals surface area contributed by atoms with Gasteiger partial charge in [-0.05, 0) is 49.2 Å². The standard InChI is InChI=1S/C18H20N2O3/c21-18(20-19-15-5-2-1-3-6-15)14-8-10-16(11-9-14)23-13-17-7-4-12-22-17/h1-3,5-6,8-11,17,19H,4,7,12-13H2,(H,20,21). The molecule has 5 heteroatoms. The van der Waals surface area contributed by atoms with Crippen molar-refractivity contribution >= 4 is 11.6 Å². The van der Waals surface area contributed by atoms with E-state index in [-0.39, 0.29) is 12.0 Å². The molecule has 1 atom stereocenters. The summed E-state index contributed by atoms with van der Waals surface area (Å²) in [7, 11) is 0. The fourth-order valence-corrected chi connectivity index (χ4v) is 2.39. The van der Waals surface area contributed by atoms with E-state index in [4.69, 9.17) is 9.47 Å². The molecule has 5 nitrogen and oxygen atoms in total. The molecular weight excluding hydrogens is 292 g/mol. The van der Waals surface area contributed by atoms with Crippen LogP contribution >= 0.6 is 0 Å². The Bertz CT molecular complexity index is 622. The Balaban J connectivity index is 1.48. The zero-order valence-corrected chi connectivity index (χ0v) is 12.8. The van der Waals surface area contributed by atoms with Crippen molar-refractivity contribution in [1.29, 1.82) is 0 Å². The molecule has 1 aliphatic heterocycles. The molecule has 0 bridgehead atoms. The third kappa shape index (κ3) is 4.47. The Labute approximate surface area is 135 Å². The fraction of sp³-hybridized carbons (Fsp3) is 0.278. The lowest BCUT2D eigenvalue weighted by Gasteiger charge is -2.12. The molecule has 1 heterocycles. The second kappa shape index (κ2) is 7.65. The molecule has 2 aromatic rings. The summed E-state index contributed by atoms with van der Waals surface area (Å²) in [5.41, 5.74) is 6.93. The van der Waals surface area contributed by atoms with Gasteiger partial charge in [-0.25, -0.2) is 0 Å². The number of amides is 1. The Kier molecular flexibility index (Phi) is 5.11. The SMILES string of the molecule is O=C(NNc1ccccc1)c1ccc(OCC2CCCO2)cc1. The number of hydrogen-bond donors (Lipinski definition) is 2. The molecule has 120 valence electrons. The molecule has 2 N–H and O–H groups in total. The van der Waals surface area contributed by atoms with Crippen molar-refractivity contribution in [3.8, 4) is 5.75 Å². The highest BCUT2D eigenvalue weighted by atomic mass is 16.5.